The summed E-state index contributed by atoms with van der Waals surface area (Å²) in [5, 5.41) is 14.2. The number of carbonyl (C=O) groups excluding carboxylic acids is 2. The van der Waals surface area contributed by atoms with E-state index in [2.05, 4.69) is 10.6 Å². The third-order valence-corrected chi connectivity index (χ3v) is 4.32. The molecule has 3 rings (SSSR count). The van der Waals surface area contributed by atoms with Crippen molar-refractivity contribution >= 4 is 29.2 Å². The molecule has 0 bridgehead atoms. The molecule has 2 amide bonds. The van der Waals surface area contributed by atoms with E-state index in [1.54, 1.807) is 48.5 Å². The van der Waals surface area contributed by atoms with Gasteiger partial charge in [-0.1, -0.05) is 13.0 Å². The van der Waals surface area contributed by atoms with Gasteiger partial charge in [0.1, 0.15) is 5.75 Å². The lowest BCUT2D eigenvalue weighted by Gasteiger charge is -2.09. The number of aliphatic carboxylic acids is 1. The van der Waals surface area contributed by atoms with Crippen LogP contribution in [0.1, 0.15) is 23.7 Å². The molecule has 1 aliphatic rings. The molecule has 0 heterocycles. The van der Waals surface area contributed by atoms with Crippen molar-refractivity contribution in [1.82, 2.24) is 0 Å². The molecule has 2 aromatic rings. The fourth-order valence-corrected chi connectivity index (χ4v) is 2.64. The lowest BCUT2D eigenvalue weighted by molar-refractivity contribution is -0.139. The monoisotopic (exact) mass is 368 g/mol. The van der Waals surface area contributed by atoms with Gasteiger partial charge in [-0.2, -0.15) is 0 Å². The molecule has 0 aromatic heterocycles. The Hall–Kier alpha value is -3.35. The Morgan fingerprint density at radius 1 is 1.07 bits per heavy atom. The molecule has 27 heavy (non-hydrogen) atoms. The van der Waals surface area contributed by atoms with Crippen LogP contribution in [0.2, 0.25) is 0 Å². The maximum atomic E-state index is 12.4. The van der Waals surface area contributed by atoms with Gasteiger partial charge in [0.25, 0.3) is 5.91 Å². The second kappa shape index (κ2) is 7.90. The topological polar surface area (TPSA) is 105 Å². The number of ether oxygens (including phenoxy) is 1. The maximum Gasteiger partial charge on any atom is 0.341 e. The third kappa shape index (κ3) is 5.07. The summed E-state index contributed by atoms with van der Waals surface area (Å²) in [5.41, 5.74) is 1.58. The molecule has 0 spiro atoms. The van der Waals surface area contributed by atoms with E-state index in [9.17, 15) is 14.4 Å². The standard InChI is InChI=1S/C20H20N2O5/c1-12-9-17(12)20(26)21-14-7-5-13(6-8-14)19(25)22-15-3-2-4-16(10-15)27-11-18(23)24/h2-8,10,12,17H,9,11H2,1H3,(H,21,26)(H,22,25)(H,23,24). The highest BCUT2D eigenvalue weighted by atomic mass is 16.5. The highest BCUT2D eigenvalue weighted by Crippen LogP contribution is 2.38. The van der Waals surface area contributed by atoms with Crippen LogP contribution in [-0.4, -0.2) is 29.5 Å². The maximum absolute atomic E-state index is 12.4. The molecule has 7 heteroatoms. The molecule has 0 aliphatic heterocycles. The second-order valence-corrected chi connectivity index (χ2v) is 6.55. The minimum Gasteiger partial charge on any atom is -0.482 e. The van der Waals surface area contributed by atoms with Crippen LogP contribution in [0.5, 0.6) is 5.75 Å². The number of amides is 2. The van der Waals surface area contributed by atoms with Crippen molar-refractivity contribution in [2.45, 2.75) is 13.3 Å². The zero-order valence-electron chi connectivity index (χ0n) is 14.8. The number of anilines is 2. The fraction of sp³-hybridized carbons (Fsp3) is 0.250. The van der Waals surface area contributed by atoms with E-state index >= 15 is 0 Å². The van der Waals surface area contributed by atoms with Crippen molar-refractivity contribution in [3.8, 4) is 5.75 Å². The third-order valence-electron chi connectivity index (χ3n) is 4.32. The Morgan fingerprint density at radius 2 is 1.78 bits per heavy atom. The van der Waals surface area contributed by atoms with Crippen LogP contribution >= 0.6 is 0 Å². The minimum atomic E-state index is -1.08. The van der Waals surface area contributed by atoms with Crippen LogP contribution < -0.4 is 15.4 Å². The highest BCUT2D eigenvalue weighted by Gasteiger charge is 2.39. The minimum absolute atomic E-state index is 0.0119. The first-order valence-corrected chi connectivity index (χ1v) is 8.59. The molecule has 2 unspecified atom stereocenters. The normalized spacial score (nSPS) is 17.7. The quantitative estimate of drug-likeness (QED) is 0.697. The van der Waals surface area contributed by atoms with Crippen molar-refractivity contribution in [2.75, 3.05) is 17.2 Å². The SMILES string of the molecule is CC1CC1C(=O)Nc1ccc(C(=O)Nc2cccc(OCC(=O)O)c2)cc1. The van der Waals surface area contributed by atoms with Crippen LogP contribution in [0.15, 0.2) is 48.5 Å². The first kappa shape index (κ1) is 18.4. The van der Waals surface area contributed by atoms with Crippen molar-refractivity contribution in [3.63, 3.8) is 0 Å². The van der Waals surface area contributed by atoms with E-state index in [0.717, 1.165) is 6.42 Å². The Labute approximate surface area is 156 Å². The van der Waals surface area contributed by atoms with Gasteiger partial charge in [0.05, 0.1) is 0 Å². The number of carboxylic acids is 1. The van der Waals surface area contributed by atoms with E-state index in [1.807, 2.05) is 6.92 Å². The number of hydrogen-bond acceptors (Lipinski definition) is 4. The van der Waals surface area contributed by atoms with Gasteiger partial charge in [-0.3, -0.25) is 9.59 Å². The Balaban J connectivity index is 1.58. The predicted molar refractivity (Wildman–Crippen MR) is 99.9 cm³/mol. The number of carboxylic acid groups (broad SMARTS) is 1. The first-order valence-electron chi connectivity index (χ1n) is 8.59. The summed E-state index contributed by atoms with van der Waals surface area (Å²) < 4.78 is 5.09. The van der Waals surface area contributed by atoms with Crippen LogP contribution in [-0.2, 0) is 9.59 Å². The van der Waals surface area contributed by atoms with Crippen molar-refractivity contribution in [1.29, 1.82) is 0 Å². The zero-order valence-corrected chi connectivity index (χ0v) is 14.8. The Kier molecular flexibility index (Phi) is 5.40. The number of carbonyl (C=O) groups is 3. The predicted octanol–water partition coefficient (Wildman–Crippen LogP) is 3.00. The van der Waals surface area contributed by atoms with E-state index in [-0.39, 0.29) is 17.7 Å². The summed E-state index contributed by atoms with van der Waals surface area (Å²) in [4.78, 5) is 34.8. The van der Waals surface area contributed by atoms with E-state index in [4.69, 9.17) is 9.84 Å². The summed E-state index contributed by atoms with van der Waals surface area (Å²) in [6.45, 7) is 1.59. The van der Waals surface area contributed by atoms with Crippen molar-refractivity contribution in [3.05, 3.63) is 54.1 Å². The van der Waals surface area contributed by atoms with E-state index in [0.29, 0.717) is 28.6 Å². The lowest BCUT2D eigenvalue weighted by atomic mass is 10.2. The smallest absolute Gasteiger partial charge is 0.341 e. The Bertz CT molecular complexity index is 863. The van der Waals surface area contributed by atoms with Gasteiger partial charge in [-0.05, 0) is 48.7 Å². The summed E-state index contributed by atoms with van der Waals surface area (Å²) >= 11 is 0. The van der Waals surface area contributed by atoms with Gasteiger partial charge in [-0.15, -0.1) is 0 Å². The Morgan fingerprint density at radius 3 is 2.41 bits per heavy atom. The number of nitrogens with one attached hydrogen (secondary N) is 2. The van der Waals surface area contributed by atoms with Crippen molar-refractivity contribution in [2.24, 2.45) is 11.8 Å². The van der Waals surface area contributed by atoms with E-state index < -0.39 is 12.6 Å². The van der Waals surface area contributed by atoms with Gasteiger partial charge in [0.2, 0.25) is 5.91 Å². The molecule has 7 nitrogen and oxygen atoms in total. The largest absolute Gasteiger partial charge is 0.482 e. The highest BCUT2D eigenvalue weighted by molar-refractivity contribution is 6.04. The second-order valence-electron chi connectivity index (χ2n) is 6.55. The molecule has 140 valence electrons. The molecule has 3 N–H and O–H groups in total. The van der Waals surface area contributed by atoms with Gasteiger partial charge in [-0.25, -0.2) is 4.79 Å². The molecule has 1 aliphatic carbocycles. The van der Waals surface area contributed by atoms with Gasteiger partial charge in [0.15, 0.2) is 6.61 Å². The molecule has 1 fully saturated rings. The number of benzene rings is 2. The molecular weight excluding hydrogens is 348 g/mol. The van der Waals surface area contributed by atoms with Crippen LogP contribution in [0.3, 0.4) is 0 Å². The van der Waals surface area contributed by atoms with Gasteiger partial charge < -0.3 is 20.5 Å². The summed E-state index contributed by atoms with van der Waals surface area (Å²) in [6.07, 6.45) is 0.918. The number of hydrogen-bond donors (Lipinski definition) is 3. The number of rotatable bonds is 7. The van der Waals surface area contributed by atoms with Crippen molar-refractivity contribution < 1.29 is 24.2 Å². The van der Waals surface area contributed by atoms with Crippen LogP contribution in [0.25, 0.3) is 0 Å². The van der Waals surface area contributed by atoms with Crippen LogP contribution in [0.4, 0.5) is 11.4 Å². The summed E-state index contributed by atoms with van der Waals surface area (Å²) in [6, 6.07) is 13.1. The molecule has 1 saturated carbocycles. The summed E-state index contributed by atoms with van der Waals surface area (Å²) in [5.74, 6) is -0.513. The molecule has 0 radical (unpaired) electrons. The van der Waals surface area contributed by atoms with Gasteiger partial charge in [0, 0.05) is 28.9 Å². The van der Waals surface area contributed by atoms with Gasteiger partial charge >= 0.3 is 5.97 Å². The molecule has 2 aromatic carbocycles. The summed E-state index contributed by atoms with van der Waals surface area (Å²) in [7, 11) is 0. The van der Waals surface area contributed by atoms with Crippen LogP contribution in [0, 0.1) is 11.8 Å². The average molecular weight is 368 g/mol. The first-order chi connectivity index (χ1) is 12.9. The lowest BCUT2D eigenvalue weighted by Crippen LogP contribution is -2.15. The average Bonchev–Trinajstić information content (AvgIpc) is 3.38. The molecule has 2 atom stereocenters. The fourth-order valence-electron chi connectivity index (χ4n) is 2.64. The molecular formula is C20H20N2O5. The molecule has 0 saturated heterocycles. The van der Waals surface area contributed by atoms with E-state index in [1.165, 1.54) is 0 Å². The zero-order chi connectivity index (χ0) is 19.4.